The van der Waals surface area contributed by atoms with Gasteiger partial charge in [0.2, 0.25) is 0 Å². The molecule has 3 rings (SSSR count). The fourth-order valence-corrected chi connectivity index (χ4v) is 2.33. The van der Waals surface area contributed by atoms with E-state index < -0.39 is 0 Å². The minimum Gasteiger partial charge on any atom is -0.264 e. The summed E-state index contributed by atoms with van der Waals surface area (Å²) in [5.41, 5.74) is 5.34. The fourth-order valence-electron chi connectivity index (χ4n) is 2.33. The summed E-state index contributed by atoms with van der Waals surface area (Å²) >= 11 is 0. The molecule has 1 aliphatic rings. The molecule has 0 saturated heterocycles. The van der Waals surface area contributed by atoms with E-state index in [0.29, 0.717) is 5.92 Å². The molecule has 1 nitrogen and oxygen atoms in total. The minimum absolute atomic E-state index is 0.574. The van der Waals surface area contributed by atoms with Gasteiger partial charge >= 0.3 is 0 Å². The van der Waals surface area contributed by atoms with Gasteiger partial charge in [0.25, 0.3) is 0 Å². The molecule has 0 radical (unpaired) electrons. The number of hydrogen-bond acceptors (Lipinski definition) is 1. The highest BCUT2D eigenvalue weighted by Gasteiger charge is 2.23. The zero-order valence-electron chi connectivity index (χ0n) is 11.1. The molecule has 1 aromatic heterocycles. The number of hydrogen-bond donors (Lipinski definition) is 0. The van der Waals surface area contributed by atoms with E-state index in [1.807, 2.05) is 12.4 Å². The highest BCUT2D eigenvalue weighted by Crippen LogP contribution is 2.40. The summed E-state index contributed by atoms with van der Waals surface area (Å²) < 4.78 is 0. The van der Waals surface area contributed by atoms with Gasteiger partial charge < -0.3 is 0 Å². The largest absolute Gasteiger partial charge is 0.264 e. The minimum atomic E-state index is 0.574. The lowest BCUT2D eigenvalue weighted by molar-refractivity contribution is 0.867. The molecule has 1 saturated carbocycles. The molecule has 1 fully saturated rings. The maximum absolute atomic E-state index is 4.40. The first-order chi connectivity index (χ1) is 8.74. The van der Waals surface area contributed by atoms with E-state index in [1.54, 1.807) is 0 Å². The summed E-state index contributed by atoms with van der Waals surface area (Å²) in [4.78, 5) is 4.40. The third-order valence-electron chi connectivity index (χ3n) is 3.69. The predicted molar refractivity (Wildman–Crippen MR) is 75.7 cm³/mol. The molecule has 0 amide bonds. The van der Waals surface area contributed by atoms with Crippen LogP contribution in [0.1, 0.15) is 49.7 Å². The van der Waals surface area contributed by atoms with Gasteiger partial charge in [-0.15, -0.1) is 0 Å². The van der Waals surface area contributed by atoms with Crippen molar-refractivity contribution < 1.29 is 0 Å². The van der Waals surface area contributed by atoms with Crippen molar-refractivity contribution in [1.29, 1.82) is 0 Å². The molecule has 2 aromatic rings. The van der Waals surface area contributed by atoms with Crippen molar-refractivity contribution in [1.82, 2.24) is 4.98 Å². The van der Waals surface area contributed by atoms with Gasteiger partial charge in [-0.05, 0) is 47.4 Å². The topological polar surface area (TPSA) is 12.9 Å². The van der Waals surface area contributed by atoms with Crippen LogP contribution in [0.2, 0.25) is 0 Å². The van der Waals surface area contributed by atoms with Crippen LogP contribution in [0.25, 0.3) is 11.1 Å². The quantitative estimate of drug-likeness (QED) is 0.750. The Kier molecular flexibility index (Phi) is 2.91. The highest BCUT2D eigenvalue weighted by molar-refractivity contribution is 5.64. The number of nitrogens with zero attached hydrogens (tertiary/aromatic N) is 1. The normalized spacial score (nSPS) is 15.1. The van der Waals surface area contributed by atoms with E-state index >= 15 is 0 Å². The molecule has 0 spiro atoms. The maximum atomic E-state index is 4.40. The Morgan fingerprint density at radius 2 is 1.89 bits per heavy atom. The molecule has 0 atom stereocenters. The lowest BCUT2D eigenvalue weighted by Gasteiger charge is -2.09. The first kappa shape index (κ1) is 11.5. The summed E-state index contributed by atoms with van der Waals surface area (Å²) in [6.07, 6.45) is 6.66. The molecular formula is C17H19N. The van der Waals surface area contributed by atoms with Gasteiger partial charge in [-0.3, -0.25) is 4.98 Å². The summed E-state index contributed by atoms with van der Waals surface area (Å²) in [6.45, 7) is 4.47. The van der Waals surface area contributed by atoms with Crippen molar-refractivity contribution in [3.8, 4) is 11.1 Å². The zero-order chi connectivity index (χ0) is 12.5. The molecule has 1 aliphatic carbocycles. The molecule has 92 valence electrons. The van der Waals surface area contributed by atoms with Crippen LogP contribution < -0.4 is 0 Å². The molecule has 0 bridgehead atoms. The van der Waals surface area contributed by atoms with Crippen LogP contribution in [-0.4, -0.2) is 4.98 Å². The summed E-state index contributed by atoms with van der Waals surface area (Å²) in [5.74, 6) is 1.34. The van der Waals surface area contributed by atoms with E-state index in [2.05, 4.69) is 49.2 Å². The highest BCUT2D eigenvalue weighted by atomic mass is 14.6. The molecule has 0 unspecified atom stereocenters. The van der Waals surface area contributed by atoms with E-state index in [9.17, 15) is 0 Å². The second kappa shape index (κ2) is 4.56. The van der Waals surface area contributed by atoms with Gasteiger partial charge in [-0.25, -0.2) is 0 Å². The SMILES string of the molecule is CC(C)c1cccc(-c2cncc(C3CC3)c2)c1. The Balaban J connectivity index is 1.98. The van der Waals surface area contributed by atoms with Crippen molar-refractivity contribution in [3.63, 3.8) is 0 Å². The molecule has 1 aromatic carbocycles. The Labute approximate surface area is 109 Å². The molecule has 0 aliphatic heterocycles. The number of pyridine rings is 1. The van der Waals surface area contributed by atoms with Crippen LogP contribution in [0.3, 0.4) is 0 Å². The average molecular weight is 237 g/mol. The first-order valence-corrected chi connectivity index (χ1v) is 6.79. The van der Waals surface area contributed by atoms with Gasteiger partial charge in [0.05, 0.1) is 0 Å². The van der Waals surface area contributed by atoms with Gasteiger partial charge in [0.15, 0.2) is 0 Å². The van der Waals surface area contributed by atoms with E-state index in [-0.39, 0.29) is 0 Å². The molecule has 1 heteroatoms. The Morgan fingerprint density at radius 3 is 2.61 bits per heavy atom. The van der Waals surface area contributed by atoms with Crippen LogP contribution in [0.5, 0.6) is 0 Å². The summed E-state index contributed by atoms with van der Waals surface area (Å²) in [5, 5.41) is 0. The second-order valence-electron chi connectivity index (χ2n) is 5.56. The van der Waals surface area contributed by atoms with Crippen molar-refractivity contribution in [3.05, 3.63) is 53.9 Å². The van der Waals surface area contributed by atoms with Crippen molar-refractivity contribution >= 4 is 0 Å². The van der Waals surface area contributed by atoms with Crippen LogP contribution in [0.4, 0.5) is 0 Å². The predicted octanol–water partition coefficient (Wildman–Crippen LogP) is 4.75. The monoisotopic (exact) mass is 237 g/mol. The van der Waals surface area contributed by atoms with Gasteiger partial charge in [-0.1, -0.05) is 38.1 Å². The second-order valence-corrected chi connectivity index (χ2v) is 5.56. The molecule has 0 N–H and O–H groups in total. The summed E-state index contributed by atoms with van der Waals surface area (Å²) in [7, 11) is 0. The zero-order valence-corrected chi connectivity index (χ0v) is 11.1. The van der Waals surface area contributed by atoms with Crippen LogP contribution >= 0.6 is 0 Å². The van der Waals surface area contributed by atoms with E-state index in [1.165, 1.54) is 35.1 Å². The summed E-state index contributed by atoms with van der Waals surface area (Å²) in [6, 6.07) is 11.1. The maximum Gasteiger partial charge on any atom is 0.0346 e. The molecule has 1 heterocycles. The van der Waals surface area contributed by atoms with Gasteiger partial charge in [0.1, 0.15) is 0 Å². The van der Waals surface area contributed by atoms with E-state index in [4.69, 9.17) is 0 Å². The number of rotatable bonds is 3. The van der Waals surface area contributed by atoms with Crippen molar-refractivity contribution in [2.75, 3.05) is 0 Å². The number of aromatic nitrogens is 1. The fraction of sp³-hybridized carbons (Fsp3) is 0.353. The van der Waals surface area contributed by atoms with Gasteiger partial charge in [-0.2, -0.15) is 0 Å². The van der Waals surface area contributed by atoms with Crippen LogP contribution in [-0.2, 0) is 0 Å². The van der Waals surface area contributed by atoms with E-state index in [0.717, 1.165) is 5.92 Å². The Hall–Kier alpha value is -1.63. The van der Waals surface area contributed by atoms with Gasteiger partial charge in [0, 0.05) is 18.0 Å². The van der Waals surface area contributed by atoms with Crippen molar-refractivity contribution in [2.24, 2.45) is 0 Å². The molecular weight excluding hydrogens is 218 g/mol. The Morgan fingerprint density at radius 1 is 1.06 bits per heavy atom. The van der Waals surface area contributed by atoms with Crippen LogP contribution in [0.15, 0.2) is 42.7 Å². The molecule has 18 heavy (non-hydrogen) atoms. The standard InChI is InChI=1S/C17H19N/c1-12(2)14-4-3-5-15(8-14)17-9-16(10-18-11-17)13-6-7-13/h3-5,8-13H,6-7H2,1-2H3. The Bertz CT molecular complexity index is 510. The number of benzene rings is 1. The van der Waals surface area contributed by atoms with Crippen LogP contribution in [0, 0.1) is 0 Å². The first-order valence-electron chi connectivity index (χ1n) is 6.79. The third-order valence-corrected chi connectivity index (χ3v) is 3.69. The lowest BCUT2D eigenvalue weighted by Crippen LogP contribution is -1.89. The smallest absolute Gasteiger partial charge is 0.0346 e. The van der Waals surface area contributed by atoms with Crippen molar-refractivity contribution in [2.45, 2.75) is 38.5 Å². The lowest BCUT2D eigenvalue weighted by atomic mass is 9.97. The average Bonchev–Trinajstić information content (AvgIpc) is 3.23. The third kappa shape index (κ3) is 2.31.